The summed E-state index contributed by atoms with van der Waals surface area (Å²) >= 11 is 9.50. The lowest BCUT2D eigenvalue weighted by Crippen LogP contribution is -2.03. The van der Waals surface area contributed by atoms with E-state index in [1.54, 1.807) is 6.07 Å². The van der Waals surface area contributed by atoms with Gasteiger partial charge < -0.3 is 9.47 Å². The van der Waals surface area contributed by atoms with E-state index in [4.69, 9.17) is 21.1 Å². The van der Waals surface area contributed by atoms with E-state index in [0.717, 1.165) is 6.07 Å². The fourth-order valence-corrected chi connectivity index (χ4v) is 3.06. The molecule has 0 aliphatic carbocycles. The maximum atomic E-state index is 14.2. The van der Waals surface area contributed by atoms with Gasteiger partial charge in [0.2, 0.25) is 0 Å². The van der Waals surface area contributed by atoms with E-state index in [9.17, 15) is 8.78 Å². The van der Waals surface area contributed by atoms with Gasteiger partial charge in [-0.3, -0.25) is 0 Å². The van der Waals surface area contributed by atoms with Crippen molar-refractivity contribution in [1.29, 1.82) is 0 Å². The molecule has 1 atom stereocenters. The van der Waals surface area contributed by atoms with Gasteiger partial charge in [0.25, 0.3) is 0 Å². The summed E-state index contributed by atoms with van der Waals surface area (Å²) in [6.45, 7) is 0. The molecular weight excluding hydrogens is 366 g/mol. The highest BCUT2D eigenvalue weighted by molar-refractivity contribution is 9.10. The molecule has 0 radical (unpaired) electrons. The molecule has 2 nitrogen and oxygen atoms in total. The van der Waals surface area contributed by atoms with Crippen molar-refractivity contribution in [2.45, 2.75) is 5.38 Å². The largest absolute Gasteiger partial charge is 0.493 e. The summed E-state index contributed by atoms with van der Waals surface area (Å²) in [4.78, 5) is 0. The number of halogens is 4. The van der Waals surface area contributed by atoms with Gasteiger partial charge in [0, 0.05) is 21.7 Å². The Balaban J connectivity index is 2.56. The first-order valence-corrected chi connectivity index (χ1v) is 7.22. The van der Waals surface area contributed by atoms with Gasteiger partial charge in [-0.15, -0.1) is 11.6 Å². The summed E-state index contributed by atoms with van der Waals surface area (Å²) in [5.74, 6) is -0.538. The van der Waals surface area contributed by atoms with Crippen LogP contribution in [0.25, 0.3) is 0 Å². The average Bonchev–Trinajstić information content (AvgIpc) is 2.46. The van der Waals surface area contributed by atoms with Crippen molar-refractivity contribution in [3.05, 3.63) is 57.6 Å². The minimum atomic E-state index is -1.000. The third kappa shape index (κ3) is 3.14. The first kappa shape index (κ1) is 16.0. The van der Waals surface area contributed by atoms with Crippen LogP contribution in [0.15, 0.2) is 34.8 Å². The first-order chi connectivity index (χ1) is 9.99. The Labute approximate surface area is 134 Å². The minimum absolute atomic E-state index is 0.111. The summed E-state index contributed by atoms with van der Waals surface area (Å²) in [6.07, 6.45) is 0. The van der Waals surface area contributed by atoms with Crippen LogP contribution in [0.3, 0.4) is 0 Å². The summed E-state index contributed by atoms with van der Waals surface area (Å²) in [5, 5.41) is -1.000. The monoisotopic (exact) mass is 376 g/mol. The van der Waals surface area contributed by atoms with E-state index in [-0.39, 0.29) is 16.9 Å². The Morgan fingerprint density at radius 2 is 1.67 bits per heavy atom. The molecule has 1 unspecified atom stereocenters. The smallest absolute Gasteiger partial charge is 0.163 e. The van der Waals surface area contributed by atoms with Gasteiger partial charge in [-0.25, -0.2) is 8.78 Å². The number of hydrogen-bond donors (Lipinski definition) is 0. The number of rotatable bonds is 4. The van der Waals surface area contributed by atoms with Crippen molar-refractivity contribution in [1.82, 2.24) is 0 Å². The van der Waals surface area contributed by atoms with E-state index in [2.05, 4.69) is 15.9 Å². The lowest BCUT2D eigenvalue weighted by atomic mass is 10.0. The SMILES string of the molecule is COc1cc(F)c(C(Cl)c2c(F)cccc2Br)cc1OC. The molecule has 0 aliphatic rings. The predicted octanol–water partition coefficient (Wildman–Crippen LogP) is 5.07. The second kappa shape index (κ2) is 6.62. The van der Waals surface area contributed by atoms with E-state index < -0.39 is 17.0 Å². The number of hydrogen-bond acceptors (Lipinski definition) is 2. The van der Waals surface area contributed by atoms with Gasteiger partial charge in [-0.2, -0.15) is 0 Å². The Bertz CT molecular complexity index is 644. The van der Waals surface area contributed by atoms with Crippen molar-refractivity contribution in [2.24, 2.45) is 0 Å². The molecular formula is C15H12BrClF2O2. The molecule has 0 saturated carbocycles. The lowest BCUT2D eigenvalue weighted by Gasteiger charge is -2.16. The van der Waals surface area contributed by atoms with E-state index >= 15 is 0 Å². The molecule has 0 bridgehead atoms. The van der Waals surface area contributed by atoms with Crippen molar-refractivity contribution >= 4 is 27.5 Å². The fraction of sp³-hybridized carbons (Fsp3) is 0.200. The summed E-state index contributed by atoms with van der Waals surface area (Å²) in [7, 11) is 2.84. The fourth-order valence-electron chi connectivity index (χ4n) is 1.97. The molecule has 0 aliphatic heterocycles. The molecule has 0 spiro atoms. The number of methoxy groups -OCH3 is 2. The number of alkyl halides is 1. The topological polar surface area (TPSA) is 18.5 Å². The maximum absolute atomic E-state index is 14.2. The molecule has 0 saturated heterocycles. The lowest BCUT2D eigenvalue weighted by molar-refractivity contribution is 0.351. The van der Waals surface area contributed by atoms with E-state index in [1.807, 2.05) is 0 Å². The predicted molar refractivity (Wildman–Crippen MR) is 81.3 cm³/mol. The van der Waals surface area contributed by atoms with Crippen LogP contribution in [0, 0.1) is 11.6 Å². The molecule has 2 aromatic carbocycles. The van der Waals surface area contributed by atoms with Gasteiger partial charge in [-0.1, -0.05) is 22.0 Å². The third-order valence-corrected chi connectivity index (χ3v) is 4.17. The van der Waals surface area contributed by atoms with Crippen molar-refractivity contribution in [3.63, 3.8) is 0 Å². The molecule has 0 heterocycles. The van der Waals surface area contributed by atoms with Gasteiger partial charge in [0.1, 0.15) is 11.6 Å². The summed E-state index contributed by atoms with van der Waals surface area (Å²) in [6, 6.07) is 7.03. The Morgan fingerprint density at radius 3 is 2.24 bits per heavy atom. The zero-order chi connectivity index (χ0) is 15.6. The highest BCUT2D eigenvalue weighted by atomic mass is 79.9. The van der Waals surface area contributed by atoms with Crippen molar-refractivity contribution in [2.75, 3.05) is 14.2 Å². The molecule has 2 aromatic rings. The van der Waals surface area contributed by atoms with Crippen molar-refractivity contribution < 1.29 is 18.3 Å². The van der Waals surface area contributed by atoms with Gasteiger partial charge in [-0.05, 0) is 18.2 Å². The second-order valence-corrected chi connectivity index (χ2v) is 5.52. The zero-order valence-corrected chi connectivity index (χ0v) is 13.6. The normalized spacial score (nSPS) is 12.1. The van der Waals surface area contributed by atoms with Crippen LogP contribution in [-0.4, -0.2) is 14.2 Å². The molecule has 0 N–H and O–H groups in total. The Morgan fingerprint density at radius 1 is 1.05 bits per heavy atom. The number of ether oxygens (including phenoxy) is 2. The highest BCUT2D eigenvalue weighted by Gasteiger charge is 2.23. The van der Waals surface area contributed by atoms with Crippen LogP contribution >= 0.6 is 27.5 Å². The van der Waals surface area contributed by atoms with E-state index in [0.29, 0.717) is 10.2 Å². The minimum Gasteiger partial charge on any atom is -0.493 e. The number of benzene rings is 2. The van der Waals surface area contributed by atoms with Crippen LogP contribution < -0.4 is 9.47 Å². The third-order valence-electron chi connectivity index (χ3n) is 3.03. The Hall–Kier alpha value is -1.33. The van der Waals surface area contributed by atoms with Crippen LogP contribution in [0.5, 0.6) is 11.5 Å². The Kier molecular flexibility index (Phi) is 5.06. The van der Waals surface area contributed by atoms with Crippen LogP contribution in [0.4, 0.5) is 8.78 Å². The van der Waals surface area contributed by atoms with Crippen LogP contribution in [0.2, 0.25) is 0 Å². The second-order valence-electron chi connectivity index (χ2n) is 4.23. The molecule has 0 fully saturated rings. The van der Waals surface area contributed by atoms with Gasteiger partial charge in [0.15, 0.2) is 11.5 Å². The quantitative estimate of drug-likeness (QED) is 0.692. The summed E-state index contributed by atoms with van der Waals surface area (Å²) in [5.41, 5.74) is 0.283. The standard InChI is InChI=1S/C15H12BrClF2O2/c1-20-12-6-8(11(19)7-13(12)21-2)15(17)14-9(16)4-3-5-10(14)18/h3-7,15H,1-2H3. The van der Waals surface area contributed by atoms with Crippen LogP contribution in [-0.2, 0) is 0 Å². The summed E-state index contributed by atoms with van der Waals surface area (Å²) < 4.78 is 38.8. The van der Waals surface area contributed by atoms with E-state index in [1.165, 1.54) is 32.4 Å². The van der Waals surface area contributed by atoms with Crippen LogP contribution in [0.1, 0.15) is 16.5 Å². The van der Waals surface area contributed by atoms with Crippen molar-refractivity contribution in [3.8, 4) is 11.5 Å². The molecule has 6 heteroatoms. The zero-order valence-electron chi connectivity index (χ0n) is 11.3. The molecule has 0 amide bonds. The first-order valence-electron chi connectivity index (χ1n) is 5.99. The molecule has 21 heavy (non-hydrogen) atoms. The molecule has 2 rings (SSSR count). The highest BCUT2D eigenvalue weighted by Crippen LogP contribution is 2.40. The van der Waals surface area contributed by atoms with Gasteiger partial charge >= 0.3 is 0 Å². The molecule has 0 aromatic heterocycles. The maximum Gasteiger partial charge on any atom is 0.163 e. The average molecular weight is 378 g/mol. The molecule has 112 valence electrons. The van der Waals surface area contributed by atoms with Gasteiger partial charge in [0.05, 0.1) is 19.6 Å².